The molecule has 8 heteroatoms. The minimum Gasteiger partial charge on any atom is -0.399 e. The minimum absolute atomic E-state index is 0. The molecule has 1 aromatic rings. The van der Waals surface area contributed by atoms with Crippen LogP contribution in [-0.4, -0.2) is 62.0 Å². The molecule has 24 heavy (non-hydrogen) atoms. The molecule has 1 heterocycles. The lowest BCUT2D eigenvalue weighted by Gasteiger charge is -2.37. The van der Waals surface area contributed by atoms with Crippen LogP contribution in [0.2, 0.25) is 0 Å². The Balaban J connectivity index is 0. The standard InChI is InChI=1S/C16H26N4O.3ClH/c1-19-9-10-20(2)14(12-19)11-18-16(21)8-7-13-5-3-4-6-15(13)17;;;/h3-6,14H,7-12,17H2,1-2H3,(H,18,21);3*1H. The van der Waals surface area contributed by atoms with Gasteiger partial charge in [0.2, 0.25) is 5.91 Å². The first-order valence-corrected chi connectivity index (χ1v) is 7.55. The lowest BCUT2D eigenvalue weighted by atomic mass is 10.1. The summed E-state index contributed by atoms with van der Waals surface area (Å²) >= 11 is 0. The van der Waals surface area contributed by atoms with Gasteiger partial charge in [-0.3, -0.25) is 9.69 Å². The van der Waals surface area contributed by atoms with Gasteiger partial charge in [0.1, 0.15) is 0 Å². The number of piperazine rings is 1. The van der Waals surface area contributed by atoms with Crippen LogP contribution in [0.4, 0.5) is 5.69 Å². The maximum absolute atomic E-state index is 12.0. The lowest BCUT2D eigenvalue weighted by Crippen LogP contribution is -2.54. The molecule has 3 N–H and O–H groups in total. The minimum atomic E-state index is 0. The number of nitrogen functional groups attached to an aromatic ring is 1. The molecule has 0 bridgehead atoms. The van der Waals surface area contributed by atoms with Crippen molar-refractivity contribution in [1.82, 2.24) is 15.1 Å². The zero-order valence-electron chi connectivity index (χ0n) is 14.2. The second-order valence-corrected chi connectivity index (χ2v) is 5.90. The van der Waals surface area contributed by atoms with Gasteiger partial charge in [-0.05, 0) is 32.1 Å². The number of carbonyl (C=O) groups excluding carboxylic acids is 1. The summed E-state index contributed by atoms with van der Waals surface area (Å²) in [6.07, 6.45) is 1.18. The molecule has 0 spiro atoms. The van der Waals surface area contributed by atoms with E-state index in [1.807, 2.05) is 24.3 Å². The molecule has 1 aliphatic rings. The van der Waals surface area contributed by atoms with Gasteiger partial charge in [0.25, 0.3) is 0 Å². The molecule has 1 saturated heterocycles. The Morgan fingerprint density at radius 3 is 2.54 bits per heavy atom. The number of likely N-dealkylation sites (N-methyl/N-ethyl adjacent to an activating group) is 2. The number of amides is 1. The molecule has 1 aliphatic heterocycles. The molecule has 1 unspecified atom stereocenters. The smallest absolute Gasteiger partial charge is 0.220 e. The number of rotatable bonds is 5. The van der Waals surface area contributed by atoms with Gasteiger partial charge in [0.15, 0.2) is 0 Å². The fourth-order valence-electron chi connectivity index (χ4n) is 2.65. The van der Waals surface area contributed by atoms with Crippen LogP contribution in [0.1, 0.15) is 12.0 Å². The van der Waals surface area contributed by atoms with Crippen LogP contribution in [-0.2, 0) is 11.2 Å². The zero-order valence-corrected chi connectivity index (χ0v) is 16.7. The number of aryl methyl sites for hydroxylation is 1. The predicted molar refractivity (Wildman–Crippen MR) is 108 cm³/mol. The summed E-state index contributed by atoms with van der Waals surface area (Å²) in [5, 5.41) is 3.04. The third-order valence-corrected chi connectivity index (χ3v) is 4.19. The van der Waals surface area contributed by atoms with E-state index in [-0.39, 0.29) is 43.1 Å². The van der Waals surface area contributed by atoms with E-state index in [4.69, 9.17) is 5.73 Å². The van der Waals surface area contributed by atoms with Gasteiger partial charge >= 0.3 is 0 Å². The highest BCUT2D eigenvalue weighted by Gasteiger charge is 2.22. The molecule has 140 valence electrons. The number of hydrogen-bond acceptors (Lipinski definition) is 4. The Kier molecular flexibility index (Phi) is 13.4. The van der Waals surface area contributed by atoms with Crippen LogP contribution >= 0.6 is 37.2 Å². The maximum atomic E-state index is 12.0. The highest BCUT2D eigenvalue weighted by Crippen LogP contribution is 2.12. The van der Waals surface area contributed by atoms with Gasteiger partial charge in [0.05, 0.1) is 0 Å². The monoisotopic (exact) mass is 398 g/mol. The van der Waals surface area contributed by atoms with Crippen molar-refractivity contribution in [1.29, 1.82) is 0 Å². The number of hydrogen-bond donors (Lipinski definition) is 2. The van der Waals surface area contributed by atoms with Crippen molar-refractivity contribution in [2.75, 3.05) is 46.0 Å². The number of nitrogens with zero attached hydrogens (tertiary/aromatic N) is 2. The molecule has 2 rings (SSSR count). The van der Waals surface area contributed by atoms with Crippen LogP contribution in [0.15, 0.2) is 24.3 Å². The topological polar surface area (TPSA) is 61.6 Å². The summed E-state index contributed by atoms with van der Waals surface area (Å²) in [5.74, 6) is 0.0971. The first-order valence-electron chi connectivity index (χ1n) is 7.55. The number of carbonyl (C=O) groups is 1. The number of nitrogens with one attached hydrogen (secondary N) is 1. The third kappa shape index (κ3) is 7.90. The second kappa shape index (κ2) is 12.6. The van der Waals surface area contributed by atoms with Crippen molar-refractivity contribution in [3.8, 4) is 0 Å². The number of nitrogens with two attached hydrogens (primary N) is 1. The number of benzene rings is 1. The molecule has 5 nitrogen and oxygen atoms in total. The van der Waals surface area contributed by atoms with E-state index in [0.717, 1.165) is 30.9 Å². The normalized spacial score (nSPS) is 17.8. The number of halogens is 3. The zero-order chi connectivity index (χ0) is 15.2. The molecule has 0 aromatic heterocycles. The van der Waals surface area contributed by atoms with E-state index in [9.17, 15) is 4.79 Å². The van der Waals surface area contributed by atoms with Crippen LogP contribution in [0.5, 0.6) is 0 Å². The SMILES string of the molecule is CN1CCN(C)C(CNC(=O)CCc2ccccc2N)C1.Cl.Cl.Cl. The molecule has 1 atom stereocenters. The molecule has 1 fully saturated rings. The average Bonchev–Trinajstić information content (AvgIpc) is 2.47. The van der Waals surface area contributed by atoms with E-state index < -0.39 is 0 Å². The van der Waals surface area contributed by atoms with Crippen molar-refractivity contribution >= 4 is 48.8 Å². The van der Waals surface area contributed by atoms with Crippen molar-refractivity contribution in [2.24, 2.45) is 0 Å². The third-order valence-electron chi connectivity index (χ3n) is 4.19. The highest BCUT2D eigenvalue weighted by atomic mass is 35.5. The van der Waals surface area contributed by atoms with E-state index in [2.05, 4.69) is 29.2 Å². The summed E-state index contributed by atoms with van der Waals surface area (Å²) in [6.45, 7) is 3.86. The highest BCUT2D eigenvalue weighted by molar-refractivity contribution is 5.86. The summed E-state index contributed by atoms with van der Waals surface area (Å²) < 4.78 is 0. The van der Waals surface area contributed by atoms with Gasteiger partial charge in [-0.25, -0.2) is 0 Å². The number of para-hydroxylation sites is 1. The second-order valence-electron chi connectivity index (χ2n) is 5.90. The first kappa shape index (κ1) is 25.5. The van der Waals surface area contributed by atoms with Crippen LogP contribution in [0, 0.1) is 0 Å². The van der Waals surface area contributed by atoms with Gasteiger partial charge < -0.3 is 16.0 Å². The maximum Gasteiger partial charge on any atom is 0.220 e. The summed E-state index contributed by atoms with van der Waals surface area (Å²) in [4.78, 5) is 16.6. The van der Waals surface area contributed by atoms with E-state index in [1.54, 1.807) is 0 Å². The number of anilines is 1. The van der Waals surface area contributed by atoms with Gasteiger partial charge in [-0.15, -0.1) is 37.2 Å². The van der Waals surface area contributed by atoms with Crippen LogP contribution in [0.25, 0.3) is 0 Å². The Morgan fingerprint density at radius 1 is 1.21 bits per heavy atom. The molecule has 0 radical (unpaired) electrons. The molecule has 1 aromatic carbocycles. The molecule has 0 saturated carbocycles. The van der Waals surface area contributed by atoms with Crippen LogP contribution in [0.3, 0.4) is 0 Å². The van der Waals surface area contributed by atoms with Crippen molar-refractivity contribution in [3.63, 3.8) is 0 Å². The fourth-order valence-corrected chi connectivity index (χ4v) is 2.65. The van der Waals surface area contributed by atoms with E-state index in [1.165, 1.54) is 0 Å². The van der Waals surface area contributed by atoms with E-state index >= 15 is 0 Å². The fraction of sp³-hybridized carbons (Fsp3) is 0.562. The summed E-state index contributed by atoms with van der Waals surface area (Å²) in [5.41, 5.74) is 7.69. The predicted octanol–water partition coefficient (Wildman–Crippen LogP) is 1.83. The van der Waals surface area contributed by atoms with E-state index in [0.29, 0.717) is 25.4 Å². The van der Waals surface area contributed by atoms with Gasteiger partial charge in [-0.1, -0.05) is 18.2 Å². The Hall–Kier alpha value is -0.720. The van der Waals surface area contributed by atoms with Crippen molar-refractivity contribution < 1.29 is 4.79 Å². The quantitative estimate of drug-likeness (QED) is 0.742. The lowest BCUT2D eigenvalue weighted by molar-refractivity contribution is -0.121. The van der Waals surface area contributed by atoms with Crippen LogP contribution < -0.4 is 11.1 Å². The molecule has 1 amide bonds. The van der Waals surface area contributed by atoms with Crippen molar-refractivity contribution in [2.45, 2.75) is 18.9 Å². The Morgan fingerprint density at radius 2 is 1.88 bits per heavy atom. The first-order chi connectivity index (χ1) is 10.1. The Bertz CT molecular complexity index is 490. The van der Waals surface area contributed by atoms with Gasteiger partial charge in [-0.2, -0.15) is 0 Å². The summed E-state index contributed by atoms with van der Waals surface area (Å²) in [6, 6.07) is 8.12. The molecule has 0 aliphatic carbocycles. The molecular formula is C16H29Cl3N4O. The average molecular weight is 400 g/mol. The summed E-state index contributed by atoms with van der Waals surface area (Å²) in [7, 11) is 4.24. The largest absolute Gasteiger partial charge is 0.399 e. The Labute approximate surface area is 163 Å². The van der Waals surface area contributed by atoms with Gasteiger partial charge in [0, 0.05) is 44.3 Å². The van der Waals surface area contributed by atoms with Crippen molar-refractivity contribution in [3.05, 3.63) is 29.8 Å². The molecular weight excluding hydrogens is 371 g/mol.